The molecule has 7 nitrogen and oxygen atoms in total. The number of ether oxygens (including phenoxy) is 3. The third-order valence-corrected chi connectivity index (χ3v) is 5.63. The summed E-state index contributed by atoms with van der Waals surface area (Å²) in [5.74, 6) is 2.61. The number of nitrogens with zero attached hydrogens (tertiary/aromatic N) is 3. The van der Waals surface area contributed by atoms with Crippen LogP contribution in [0.4, 0.5) is 11.5 Å². The Morgan fingerprint density at radius 1 is 1.14 bits per heavy atom. The highest BCUT2D eigenvalue weighted by atomic mass is 35.5. The predicted molar refractivity (Wildman–Crippen MR) is 112 cm³/mol. The summed E-state index contributed by atoms with van der Waals surface area (Å²) in [5, 5.41) is 4.67. The van der Waals surface area contributed by atoms with Gasteiger partial charge in [-0.3, -0.25) is 0 Å². The largest absolute Gasteiger partial charge is 0.489 e. The van der Waals surface area contributed by atoms with E-state index in [1.807, 2.05) is 18.2 Å². The third-order valence-electron chi connectivity index (χ3n) is 5.32. The van der Waals surface area contributed by atoms with Gasteiger partial charge in [0.15, 0.2) is 11.5 Å². The molecule has 0 saturated carbocycles. The van der Waals surface area contributed by atoms with Gasteiger partial charge < -0.3 is 24.4 Å². The maximum atomic E-state index is 6.44. The first-order chi connectivity index (χ1) is 14.2. The highest BCUT2D eigenvalue weighted by Gasteiger charge is 2.23. The highest BCUT2D eigenvalue weighted by Crippen LogP contribution is 2.45. The SMILES string of the molecule is CN1CCC(Oc2cccc3ncnc(Nc4c(Cl)ccc5c4OCO5)c23)CC1. The third kappa shape index (κ3) is 3.52. The lowest BCUT2D eigenvalue weighted by Gasteiger charge is -2.29. The molecule has 1 aromatic heterocycles. The smallest absolute Gasteiger partial charge is 0.231 e. The number of likely N-dealkylation sites (tertiary alicyclic amines) is 1. The number of aromatic nitrogens is 2. The molecule has 0 bridgehead atoms. The van der Waals surface area contributed by atoms with Crippen molar-refractivity contribution in [3.8, 4) is 17.2 Å². The summed E-state index contributed by atoms with van der Waals surface area (Å²) in [6.45, 7) is 2.22. The number of hydrogen-bond donors (Lipinski definition) is 1. The number of nitrogens with one attached hydrogen (secondary N) is 1. The van der Waals surface area contributed by atoms with Gasteiger partial charge in [-0.15, -0.1) is 0 Å². The van der Waals surface area contributed by atoms with Crippen molar-refractivity contribution in [1.82, 2.24) is 14.9 Å². The number of hydrogen-bond acceptors (Lipinski definition) is 7. The molecule has 2 aromatic carbocycles. The van der Waals surface area contributed by atoms with Crippen molar-refractivity contribution >= 4 is 34.0 Å². The van der Waals surface area contributed by atoms with E-state index >= 15 is 0 Å². The van der Waals surface area contributed by atoms with Gasteiger partial charge >= 0.3 is 0 Å². The Morgan fingerprint density at radius 2 is 2.00 bits per heavy atom. The van der Waals surface area contributed by atoms with Crippen LogP contribution in [0.5, 0.6) is 17.2 Å². The lowest BCUT2D eigenvalue weighted by atomic mass is 10.1. The van der Waals surface area contributed by atoms with Crippen LogP contribution in [0.3, 0.4) is 0 Å². The summed E-state index contributed by atoms with van der Waals surface area (Å²) in [6.07, 6.45) is 3.68. The van der Waals surface area contributed by atoms with Crippen LogP contribution in [0.25, 0.3) is 10.9 Å². The quantitative estimate of drug-likeness (QED) is 0.687. The van der Waals surface area contributed by atoms with Crippen LogP contribution < -0.4 is 19.5 Å². The van der Waals surface area contributed by atoms with Crippen LogP contribution in [0, 0.1) is 0 Å². The zero-order chi connectivity index (χ0) is 19.8. The van der Waals surface area contributed by atoms with Gasteiger partial charge in [0.2, 0.25) is 6.79 Å². The molecule has 1 saturated heterocycles. The van der Waals surface area contributed by atoms with Gasteiger partial charge in [0.25, 0.3) is 0 Å². The van der Waals surface area contributed by atoms with Gasteiger partial charge in [-0.1, -0.05) is 17.7 Å². The first-order valence-electron chi connectivity index (χ1n) is 9.63. The van der Waals surface area contributed by atoms with E-state index in [9.17, 15) is 0 Å². The van der Waals surface area contributed by atoms with Crippen LogP contribution >= 0.6 is 11.6 Å². The molecule has 5 rings (SSSR count). The number of anilines is 2. The molecular formula is C21H21ClN4O3. The molecule has 29 heavy (non-hydrogen) atoms. The summed E-state index contributed by atoms with van der Waals surface area (Å²) in [4.78, 5) is 11.2. The molecular weight excluding hydrogens is 392 g/mol. The van der Waals surface area contributed by atoms with Crippen LogP contribution in [0.2, 0.25) is 5.02 Å². The monoisotopic (exact) mass is 412 g/mol. The van der Waals surface area contributed by atoms with E-state index in [0.29, 0.717) is 28.0 Å². The number of benzene rings is 2. The molecule has 0 atom stereocenters. The molecule has 1 fully saturated rings. The van der Waals surface area contributed by atoms with Gasteiger partial charge in [0.1, 0.15) is 29.7 Å². The second-order valence-electron chi connectivity index (χ2n) is 7.27. The van der Waals surface area contributed by atoms with E-state index in [2.05, 4.69) is 27.2 Å². The Morgan fingerprint density at radius 3 is 2.86 bits per heavy atom. The van der Waals surface area contributed by atoms with Crippen LogP contribution in [-0.2, 0) is 0 Å². The standard InChI is InChI=1S/C21H21ClN4O3/c1-26-9-7-13(8-10-26)29-16-4-2-3-15-18(16)21(24-11-23-15)25-19-14(22)5-6-17-20(19)28-12-27-17/h2-6,11,13H,7-10,12H2,1H3,(H,23,24,25). The van der Waals surface area contributed by atoms with E-state index in [1.54, 1.807) is 12.1 Å². The minimum Gasteiger partial charge on any atom is -0.489 e. The van der Waals surface area contributed by atoms with Gasteiger partial charge in [-0.2, -0.15) is 0 Å². The zero-order valence-corrected chi connectivity index (χ0v) is 16.8. The molecule has 8 heteroatoms. The molecule has 150 valence electrons. The molecule has 3 heterocycles. The summed E-state index contributed by atoms with van der Waals surface area (Å²) >= 11 is 6.44. The fraction of sp³-hybridized carbons (Fsp3) is 0.333. The van der Waals surface area contributed by atoms with Gasteiger partial charge in [-0.05, 0) is 44.2 Å². The maximum Gasteiger partial charge on any atom is 0.231 e. The fourth-order valence-electron chi connectivity index (χ4n) is 3.74. The number of halogens is 1. The van der Waals surface area contributed by atoms with E-state index in [0.717, 1.165) is 42.6 Å². The van der Waals surface area contributed by atoms with Crippen molar-refractivity contribution in [2.24, 2.45) is 0 Å². The molecule has 2 aliphatic rings. The predicted octanol–water partition coefficient (Wildman–Crippen LogP) is 4.23. The Hall–Kier alpha value is -2.77. The van der Waals surface area contributed by atoms with Crippen LogP contribution in [-0.4, -0.2) is 47.9 Å². The minimum absolute atomic E-state index is 0.166. The molecule has 2 aliphatic heterocycles. The van der Waals surface area contributed by atoms with Gasteiger partial charge in [-0.25, -0.2) is 9.97 Å². The number of rotatable bonds is 4. The fourth-order valence-corrected chi connectivity index (χ4v) is 3.93. The molecule has 0 radical (unpaired) electrons. The summed E-state index contributed by atoms with van der Waals surface area (Å²) in [5.41, 5.74) is 1.42. The van der Waals surface area contributed by atoms with Crippen molar-refractivity contribution in [3.05, 3.63) is 41.7 Å². The number of fused-ring (bicyclic) bond motifs is 2. The number of piperidine rings is 1. The normalized spacial score (nSPS) is 16.9. The molecule has 1 N–H and O–H groups in total. The first kappa shape index (κ1) is 18.3. The van der Waals surface area contributed by atoms with Crippen molar-refractivity contribution in [2.45, 2.75) is 18.9 Å². The van der Waals surface area contributed by atoms with Gasteiger partial charge in [0, 0.05) is 13.1 Å². The van der Waals surface area contributed by atoms with E-state index in [4.69, 9.17) is 25.8 Å². The van der Waals surface area contributed by atoms with E-state index in [1.165, 1.54) is 6.33 Å². The average Bonchev–Trinajstić information content (AvgIpc) is 3.21. The minimum atomic E-state index is 0.166. The van der Waals surface area contributed by atoms with Crippen molar-refractivity contribution in [1.29, 1.82) is 0 Å². The van der Waals surface area contributed by atoms with Gasteiger partial charge in [0.05, 0.1) is 15.9 Å². The highest BCUT2D eigenvalue weighted by molar-refractivity contribution is 6.34. The Balaban J connectivity index is 1.53. The lowest BCUT2D eigenvalue weighted by molar-refractivity contribution is 0.116. The Bertz CT molecular complexity index is 1050. The van der Waals surface area contributed by atoms with Crippen molar-refractivity contribution in [3.63, 3.8) is 0 Å². The van der Waals surface area contributed by atoms with Crippen LogP contribution in [0.15, 0.2) is 36.7 Å². The molecule has 0 amide bonds. The average molecular weight is 413 g/mol. The van der Waals surface area contributed by atoms with E-state index in [-0.39, 0.29) is 12.9 Å². The van der Waals surface area contributed by atoms with Crippen molar-refractivity contribution in [2.75, 3.05) is 32.2 Å². The topological polar surface area (TPSA) is 68.7 Å². The van der Waals surface area contributed by atoms with Crippen molar-refractivity contribution < 1.29 is 14.2 Å². The van der Waals surface area contributed by atoms with E-state index < -0.39 is 0 Å². The molecule has 0 spiro atoms. The second kappa shape index (κ2) is 7.57. The Kier molecular flexibility index (Phi) is 4.77. The molecule has 0 unspecified atom stereocenters. The zero-order valence-electron chi connectivity index (χ0n) is 16.0. The molecule has 3 aromatic rings. The summed E-state index contributed by atoms with van der Waals surface area (Å²) in [7, 11) is 2.14. The second-order valence-corrected chi connectivity index (χ2v) is 7.68. The Labute approximate surface area is 173 Å². The lowest BCUT2D eigenvalue weighted by Crippen LogP contribution is -2.35. The maximum absolute atomic E-state index is 6.44. The van der Waals surface area contributed by atoms with Crippen LogP contribution in [0.1, 0.15) is 12.8 Å². The first-order valence-corrected chi connectivity index (χ1v) is 10.0. The summed E-state index contributed by atoms with van der Waals surface area (Å²) in [6, 6.07) is 9.43. The molecule has 0 aliphatic carbocycles. The summed E-state index contributed by atoms with van der Waals surface area (Å²) < 4.78 is 17.5.